The van der Waals surface area contributed by atoms with E-state index in [1.807, 2.05) is 4.90 Å². The summed E-state index contributed by atoms with van der Waals surface area (Å²) in [5.41, 5.74) is 6.07. The normalized spacial score (nSPS) is 43.2. The third kappa shape index (κ3) is 3.60. The van der Waals surface area contributed by atoms with Gasteiger partial charge in [-0.3, -0.25) is 9.59 Å². The lowest BCUT2D eigenvalue weighted by atomic mass is 9.49. The summed E-state index contributed by atoms with van der Waals surface area (Å²) in [6.45, 7) is 5.73. The lowest BCUT2D eigenvalue weighted by Gasteiger charge is -2.56. The van der Waals surface area contributed by atoms with Crippen LogP contribution < -0.4 is 11.1 Å². The first-order valence-electron chi connectivity index (χ1n) is 11.7. The van der Waals surface area contributed by atoms with Crippen LogP contribution in [0.25, 0.3) is 0 Å². The Kier molecular flexibility index (Phi) is 5.69. The molecule has 2 amide bonds. The molecule has 0 aromatic rings. The van der Waals surface area contributed by atoms with Crippen LogP contribution in [-0.2, 0) is 9.59 Å². The maximum absolute atomic E-state index is 13.5. The molecule has 1 heterocycles. The molecular formula is C23H38ClN3O2. The zero-order chi connectivity index (χ0) is 19.6. The van der Waals surface area contributed by atoms with Crippen LogP contribution in [0.1, 0.15) is 65.2 Å². The van der Waals surface area contributed by atoms with E-state index < -0.39 is 6.04 Å². The highest BCUT2D eigenvalue weighted by Crippen LogP contribution is 2.60. The van der Waals surface area contributed by atoms with E-state index in [0.29, 0.717) is 11.8 Å². The van der Waals surface area contributed by atoms with Gasteiger partial charge in [0.1, 0.15) is 6.04 Å². The molecule has 4 bridgehead atoms. The zero-order valence-electron chi connectivity index (χ0n) is 17.9. The van der Waals surface area contributed by atoms with Gasteiger partial charge < -0.3 is 16.0 Å². The first-order chi connectivity index (χ1) is 13.3. The number of carbonyl (C=O) groups excluding carboxylic acids is 2. The Labute approximate surface area is 181 Å². The first-order valence-corrected chi connectivity index (χ1v) is 11.7. The molecule has 4 unspecified atom stereocenters. The summed E-state index contributed by atoms with van der Waals surface area (Å²) in [6.07, 6.45) is 9.36. The van der Waals surface area contributed by atoms with Crippen molar-refractivity contribution >= 4 is 24.2 Å². The smallest absolute Gasteiger partial charge is 0.245 e. The minimum Gasteiger partial charge on any atom is -0.344 e. The third-order valence-corrected chi connectivity index (χ3v) is 8.96. The van der Waals surface area contributed by atoms with Crippen LogP contribution >= 0.6 is 12.4 Å². The first kappa shape index (κ1) is 21.4. The van der Waals surface area contributed by atoms with E-state index in [2.05, 4.69) is 19.2 Å². The summed E-state index contributed by atoms with van der Waals surface area (Å²) in [7, 11) is 0. The van der Waals surface area contributed by atoms with E-state index in [4.69, 9.17) is 5.73 Å². The van der Waals surface area contributed by atoms with E-state index in [-0.39, 0.29) is 41.6 Å². The van der Waals surface area contributed by atoms with Gasteiger partial charge in [-0.25, -0.2) is 0 Å². The summed E-state index contributed by atoms with van der Waals surface area (Å²) in [4.78, 5) is 28.8. The number of hydrogen-bond acceptors (Lipinski definition) is 3. The fourth-order valence-electron chi connectivity index (χ4n) is 7.88. The van der Waals surface area contributed by atoms with Crippen LogP contribution in [0, 0.1) is 40.9 Å². The maximum Gasteiger partial charge on any atom is 0.245 e. The van der Waals surface area contributed by atoms with Crippen molar-refractivity contribution in [3.63, 3.8) is 0 Å². The summed E-state index contributed by atoms with van der Waals surface area (Å²) < 4.78 is 0. The van der Waals surface area contributed by atoms with Gasteiger partial charge in [-0.05, 0) is 86.9 Å². The Hall–Kier alpha value is -0.810. The fraction of sp³-hybridized carbons (Fsp3) is 0.913. The van der Waals surface area contributed by atoms with Crippen molar-refractivity contribution in [3.8, 4) is 0 Å². The van der Waals surface area contributed by atoms with E-state index in [1.165, 1.54) is 19.3 Å². The van der Waals surface area contributed by atoms with E-state index in [1.54, 1.807) is 0 Å². The largest absolute Gasteiger partial charge is 0.344 e. The van der Waals surface area contributed by atoms with Crippen molar-refractivity contribution in [1.29, 1.82) is 0 Å². The Morgan fingerprint density at radius 2 is 1.59 bits per heavy atom. The van der Waals surface area contributed by atoms with Crippen molar-refractivity contribution < 1.29 is 9.59 Å². The highest BCUT2D eigenvalue weighted by Gasteiger charge is 2.55. The quantitative estimate of drug-likeness (QED) is 0.729. The minimum absolute atomic E-state index is 0. The molecule has 5 nitrogen and oxygen atoms in total. The van der Waals surface area contributed by atoms with E-state index in [0.717, 1.165) is 62.9 Å². The third-order valence-electron chi connectivity index (χ3n) is 8.96. The molecule has 5 saturated carbocycles. The van der Waals surface area contributed by atoms with Crippen molar-refractivity contribution in [3.05, 3.63) is 0 Å². The van der Waals surface area contributed by atoms with Crippen molar-refractivity contribution in [1.82, 2.24) is 10.2 Å². The number of halogens is 1. The number of likely N-dealkylation sites (tertiary alicyclic amines) is 1. The van der Waals surface area contributed by atoms with Gasteiger partial charge in [-0.1, -0.05) is 13.8 Å². The predicted molar refractivity (Wildman–Crippen MR) is 115 cm³/mol. The number of rotatable bonds is 4. The zero-order valence-corrected chi connectivity index (χ0v) is 18.8. The molecule has 3 N–H and O–H groups in total. The van der Waals surface area contributed by atoms with Crippen molar-refractivity contribution in [2.45, 2.75) is 77.3 Å². The molecule has 0 aromatic carbocycles. The number of nitrogens with zero attached hydrogens (tertiary/aromatic N) is 1. The lowest BCUT2D eigenvalue weighted by molar-refractivity contribution is -0.150. The van der Waals surface area contributed by atoms with Crippen molar-refractivity contribution in [2.75, 3.05) is 13.1 Å². The number of amides is 2. The minimum atomic E-state index is -0.393. The summed E-state index contributed by atoms with van der Waals surface area (Å²) >= 11 is 0. The van der Waals surface area contributed by atoms with Crippen LogP contribution in [0.15, 0.2) is 0 Å². The van der Waals surface area contributed by atoms with Crippen LogP contribution in [0.3, 0.4) is 0 Å². The number of carbonyl (C=O) groups is 2. The predicted octanol–water partition coefficient (Wildman–Crippen LogP) is 2.96. The van der Waals surface area contributed by atoms with Crippen molar-refractivity contribution in [2.24, 2.45) is 46.7 Å². The second kappa shape index (κ2) is 7.71. The standard InChI is InChI=1S/C23H37N3O2.ClH/c1-13(2)20(21(27)26-11-17-3-4-19(24)18(17)12-26)25-22(28)23-8-14-5-15(9-23)7-16(6-14)10-23;/h13-20H,3-12,24H2,1-2H3,(H,25,28);1H. The van der Waals surface area contributed by atoms with Crippen LogP contribution in [0.5, 0.6) is 0 Å². The molecule has 29 heavy (non-hydrogen) atoms. The average Bonchev–Trinajstić information content (AvgIpc) is 3.20. The molecule has 5 aliphatic carbocycles. The molecule has 4 atom stereocenters. The molecule has 6 rings (SSSR count). The molecule has 0 spiro atoms. The second-order valence-electron chi connectivity index (χ2n) is 11.3. The van der Waals surface area contributed by atoms with Gasteiger partial charge >= 0.3 is 0 Å². The fourth-order valence-corrected chi connectivity index (χ4v) is 7.88. The lowest BCUT2D eigenvalue weighted by Crippen LogP contribution is -2.58. The van der Waals surface area contributed by atoms with Crippen LogP contribution in [-0.4, -0.2) is 41.9 Å². The summed E-state index contributed by atoms with van der Waals surface area (Å²) in [6, 6.07) is -0.155. The second-order valence-corrected chi connectivity index (χ2v) is 11.3. The average molecular weight is 424 g/mol. The van der Waals surface area contributed by atoms with Gasteiger partial charge in [-0.2, -0.15) is 0 Å². The topological polar surface area (TPSA) is 75.4 Å². The molecule has 164 valence electrons. The Morgan fingerprint density at radius 3 is 2.10 bits per heavy atom. The van der Waals surface area contributed by atoms with Gasteiger partial charge in [0.15, 0.2) is 0 Å². The molecule has 6 aliphatic rings. The number of nitrogens with two attached hydrogens (primary N) is 1. The van der Waals surface area contributed by atoms with Gasteiger partial charge in [0.2, 0.25) is 11.8 Å². The van der Waals surface area contributed by atoms with E-state index >= 15 is 0 Å². The van der Waals surface area contributed by atoms with Gasteiger partial charge in [0, 0.05) is 24.5 Å². The summed E-state index contributed by atoms with van der Waals surface area (Å²) in [5.74, 6) is 3.64. The van der Waals surface area contributed by atoms with Crippen LogP contribution in [0.4, 0.5) is 0 Å². The van der Waals surface area contributed by atoms with E-state index in [9.17, 15) is 9.59 Å². The summed E-state index contributed by atoms with van der Waals surface area (Å²) in [5, 5.41) is 3.27. The Balaban J connectivity index is 0.00000205. The number of fused-ring (bicyclic) bond motifs is 1. The molecule has 0 radical (unpaired) electrons. The number of nitrogens with one attached hydrogen (secondary N) is 1. The van der Waals surface area contributed by atoms with Gasteiger partial charge in [0.05, 0.1) is 0 Å². The molecule has 6 fully saturated rings. The molecular weight excluding hydrogens is 386 g/mol. The Morgan fingerprint density at radius 1 is 1.00 bits per heavy atom. The molecule has 6 heteroatoms. The highest BCUT2D eigenvalue weighted by atomic mass is 35.5. The molecule has 0 aromatic heterocycles. The molecule has 1 saturated heterocycles. The highest BCUT2D eigenvalue weighted by molar-refractivity contribution is 5.90. The van der Waals surface area contributed by atoms with Gasteiger partial charge in [-0.15, -0.1) is 12.4 Å². The number of hydrogen-bond donors (Lipinski definition) is 2. The molecule has 1 aliphatic heterocycles. The van der Waals surface area contributed by atoms with Gasteiger partial charge in [0.25, 0.3) is 0 Å². The maximum atomic E-state index is 13.5. The monoisotopic (exact) mass is 423 g/mol. The SMILES string of the molecule is CC(C)C(NC(=O)C12CC3CC(CC(C3)C1)C2)C(=O)N1CC2CCC(N)C2C1.Cl. The van der Waals surface area contributed by atoms with Crippen LogP contribution in [0.2, 0.25) is 0 Å². The Bertz CT molecular complexity index is 631.